The molecule has 102 valence electrons. The molecule has 4 heteroatoms. The smallest absolute Gasteiger partial charge is 0.124 e. The summed E-state index contributed by atoms with van der Waals surface area (Å²) < 4.78 is 16.0. The van der Waals surface area contributed by atoms with Crippen molar-refractivity contribution < 1.29 is 14.2 Å². The molecular weight excluding hydrogens is 230 g/mol. The predicted octanol–water partition coefficient (Wildman–Crippen LogP) is 2.14. The largest absolute Gasteiger partial charge is 0.493 e. The minimum absolute atomic E-state index is 0.0147. The molecule has 0 bridgehead atoms. The number of ether oxygens (including phenoxy) is 3. The van der Waals surface area contributed by atoms with E-state index in [1.165, 1.54) is 0 Å². The van der Waals surface area contributed by atoms with Gasteiger partial charge in [-0.3, -0.25) is 0 Å². The van der Waals surface area contributed by atoms with Gasteiger partial charge in [-0.15, -0.1) is 0 Å². The maximum atomic E-state index is 5.88. The lowest BCUT2D eigenvalue weighted by Gasteiger charge is -2.13. The Labute approximate surface area is 109 Å². The number of rotatable bonds is 9. The Kier molecular flexibility index (Phi) is 7.41. The molecule has 1 unspecified atom stereocenters. The molecule has 0 saturated heterocycles. The molecule has 18 heavy (non-hydrogen) atoms. The fraction of sp³-hybridized carbons (Fsp3) is 0.571. The summed E-state index contributed by atoms with van der Waals surface area (Å²) in [5.41, 5.74) is 6.92. The first kappa shape index (κ1) is 15.0. The lowest BCUT2D eigenvalue weighted by Crippen LogP contribution is -2.10. The van der Waals surface area contributed by atoms with Gasteiger partial charge >= 0.3 is 0 Å². The molecule has 0 saturated carbocycles. The average molecular weight is 253 g/mol. The van der Waals surface area contributed by atoms with Gasteiger partial charge in [-0.2, -0.15) is 0 Å². The summed E-state index contributed by atoms with van der Waals surface area (Å²) in [7, 11) is 1.66. The molecule has 0 aliphatic heterocycles. The van der Waals surface area contributed by atoms with E-state index in [-0.39, 0.29) is 6.04 Å². The van der Waals surface area contributed by atoms with E-state index in [4.69, 9.17) is 19.9 Å². The molecule has 0 heterocycles. The molecular formula is C14H23NO3. The Balaban J connectivity index is 2.23. The van der Waals surface area contributed by atoms with Crippen molar-refractivity contribution in [2.45, 2.75) is 19.4 Å². The summed E-state index contributed by atoms with van der Waals surface area (Å²) >= 11 is 0. The van der Waals surface area contributed by atoms with Crippen LogP contribution in [-0.2, 0) is 9.47 Å². The Morgan fingerprint density at radius 2 is 1.89 bits per heavy atom. The molecule has 0 aliphatic rings. The maximum Gasteiger partial charge on any atom is 0.124 e. The van der Waals surface area contributed by atoms with Gasteiger partial charge in [-0.25, -0.2) is 0 Å². The van der Waals surface area contributed by atoms with E-state index < -0.39 is 0 Å². The third kappa shape index (κ3) is 5.49. The van der Waals surface area contributed by atoms with Crippen LogP contribution in [-0.4, -0.2) is 33.5 Å². The number of benzene rings is 1. The van der Waals surface area contributed by atoms with Crippen LogP contribution in [0.4, 0.5) is 0 Å². The molecule has 4 nitrogen and oxygen atoms in total. The van der Waals surface area contributed by atoms with Crippen LogP contribution in [0.3, 0.4) is 0 Å². The topological polar surface area (TPSA) is 53.7 Å². The van der Waals surface area contributed by atoms with Crippen molar-refractivity contribution in [3.8, 4) is 5.75 Å². The van der Waals surface area contributed by atoms with Crippen LogP contribution < -0.4 is 10.5 Å². The molecule has 0 amide bonds. The quantitative estimate of drug-likeness (QED) is 0.685. The lowest BCUT2D eigenvalue weighted by molar-refractivity contribution is 0.0644. The van der Waals surface area contributed by atoms with Crippen LogP contribution in [0, 0.1) is 0 Å². The molecule has 0 radical (unpaired) electrons. The van der Waals surface area contributed by atoms with Crippen molar-refractivity contribution in [1.82, 2.24) is 0 Å². The number of para-hydroxylation sites is 1. The van der Waals surface area contributed by atoms with Crippen LogP contribution in [0.5, 0.6) is 5.75 Å². The number of hydrogen-bond donors (Lipinski definition) is 1. The minimum atomic E-state index is -0.0147. The normalized spacial score (nSPS) is 12.4. The van der Waals surface area contributed by atoms with E-state index in [0.717, 1.165) is 17.7 Å². The van der Waals surface area contributed by atoms with Crippen molar-refractivity contribution in [3.05, 3.63) is 29.8 Å². The van der Waals surface area contributed by atoms with E-state index in [9.17, 15) is 0 Å². The van der Waals surface area contributed by atoms with Gasteiger partial charge in [-0.05, 0) is 13.0 Å². The third-order valence-corrected chi connectivity index (χ3v) is 2.53. The van der Waals surface area contributed by atoms with Gasteiger partial charge in [0.25, 0.3) is 0 Å². The summed E-state index contributed by atoms with van der Waals surface area (Å²) in [4.78, 5) is 0. The van der Waals surface area contributed by atoms with Gasteiger partial charge in [0, 0.05) is 31.7 Å². The molecule has 1 atom stereocenters. The van der Waals surface area contributed by atoms with Crippen LogP contribution in [0.15, 0.2) is 24.3 Å². The highest BCUT2D eigenvalue weighted by Crippen LogP contribution is 2.23. The molecule has 1 aromatic rings. The Bertz CT molecular complexity index is 329. The van der Waals surface area contributed by atoms with Crippen LogP contribution in [0.1, 0.15) is 24.9 Å². The highest BCUT2D eigenvalue weighted by molar-refractivity contribution is 5.35. The Morgan fingerprint density at radius 1 is 1.11 bits per heavy atom. The zero-order valence-electron chi connectivity index (χ0n) is 11.2. The zero-order chi connectivity index (χ0) is 13.2. The first-order valence-corrected chi connectivity index (χ1v) is 6.29. The van der Waals surface area contributed by atoms with Crippen molar-refractivity contribution in [1.29, 1.82) is 0 Å². The maximum absolute atomic E-state index is 5.88. The van der Waals surface area contributed by atoms with E-state index >= 15 is 0 Å². The second kappa shape index (κ2) is 8.91. The van der Waals surface area contributed by atoms with Crippen LogP contribution in [0.25, 0.3) is 0 Å². The van der Waals surface area contributed by atoms with Crippen LogP contribution >= 0.6 is 0 Å². The van der Waals surface area contributed by atoms with Crippen molar-refractivity contribution in [2.75, 3.05) is 33.5 Å². The minimum Gasteiger partial charge on any atom is -0.493 e. The summed E-state index contributed by atoms with van der Waals surface area (Å²) in [6.45, 7) is 4.54. The fourth-order valence-corrected chi connectivity index (χ4v) is 1.58. The highest BCUT2D eigenvalue weighted by Gasteiger charge is 2.06. The summed E-state index contributed by atoms with van der Waals surface area (Å²) in [5.74, 6) is 0.865. The summed E-state index contributed by atoms with van der Waals surface area (Å²) in [6, 6.07) is 7.86. The molecule has 0 fully saturated rings. The molecule has 1 rings (SSSR count). The van der Waals surface area contributed by atoms with Crippen LogP contribution in [0.2, 0.25) is 0 Å². The van der Waals surface area contributed by atoms with Gasteiger partial charge < -0.3 is 19.9 Å². The number of hydrogen-bond acceptors (Lipinski definition) is 4. The second-order valence-corrected chi connectivity index (χ2v) is 4.13. The average Bonchev–Trinajstić information content (AvgIpc) is 2.38. The van der Waals surface area contributed by atoms with Crippen molar-refractivity contribution >= 4 is 0 Å². The van der Waals surface area contributed by atoms with E-state index in [1.54, 1.807) is 7.11 Å². The predicted molar refractivity (Wildman–Crippen MR) is 71.9 cm³/mol. The second-order valence-electron chi connectivity index (χ2n) is 4.13. The van der Waals surface area contributed by atoms with Gasteiger partial charge in [0.1, 0.15) is 5.75 Å². The molecule has 1 aromatic carbocycles. The fourth-order valence-electron chi connectivity index (χ4n) is 1.58. The molecule has 2 N–H and O–H groups in total. The van der Waals surface area contributed by atoms with Gasteiger partial charge in [0.05, 0.1) is 19.8 Å². The Morgan fingerprint density at radius 3 is 2.61 bits per heavy atom. The lowest BCUT2D eigenvalue weighted by atomic mass is 10.1. The third-order valence-electron chi connectivity index (χ3n) is 2.53. The van der Waals surface area contributed by atoms with Gasteiger partial charge in [-0.1, -0.05) is 18.2 Å². The number of nitrogens with two attached hydrogens (primary N) is 1. The summed E-state index contributed by atoms with van der Waals surface area (Å²) in [5, 5.41) is 0. The molecule has 0 aromatic heterocycles. The summed E-state index contributed by atoms with van der Waals surface area (Å²) in [6.07, 6.45) is 0.858. The zero-order valence-corrected chi connectivity index (χ0v) is 11.2. The monoisotopic (exact) mass is 253 g/mol. The van der Waals surface area contributed by atoms with Gasteiger partial charge in [0.15, 0.2) is 0 Å². The standard InChI is InChI=1S/C14H23NO3/c1-12(15)13-6-3-4-7-14(13)18-9-5-8-17-11-10-16-2/h3-4,6-7,12H,5,8-11,15H2,1-2H3. The number of methoxy groups -OCH3 is 1. The SMILES string of the molecule is COCCOCCCOc1ccccc1C(C)N. The van der Waals surface area contributed by atoms with Crippen molar-refractivity contribution in [2.24, 2.45) is 5.73 Å². The molecule has 0 aliphatic carbocycles. The highest BCUT2D eigenvalue weighted by atomic mass is 16.5. The van der Waals surface area contributed by atoms with E-state index in [1.807, 2.05) is 31.2 Å². The van der Waals surface area contributed by atoms with E-state index in [2.05, 4.69) is 0 Å². The van der Waals surface area contributed by atoms with Crippen molar-refractivity contribution in [3.63, 3.8) is 0 Å². The first-order valence-electron chi connectivity index (χ1n) is 6.29. The Hall–Kier alpha value is -1.10. The first-order chi connectivity index (χ1) is 8.75. The van der Waals surface area contributed by atoms with Gasteiger partial charge in [0.2, 0.25) is 0 Å². The molecule has 0 spiro atoms. The van der Waals surface area contributed by atoms with E-state index in [0.29, 0.717) is 26.4 Å².